The lowest BCUT2D eigenvalue weighted by Gasteiger charge is -2.15. The van der Waals surface area contributed by atoms with Crippen LogP contribution in [0.15, 0.2) is 46.9 Å². The smallest absolute Gasteiger partial charge is 0.375 e. The summed E-state index contributed by atoms with van der Waals surface area (Å²) in [6.45, 7) is 4.00. The van der Waals surface area contributed by atoms with Crippen LogP contribution in [0.4, 0.5) is 5.69 Å². The summed E-state index contributed by atoms with van der Waals surface area (Å²) in [4.78, 5) is 25.3. The summed E-state index contributed by atoms with van der Waals surface area (Å²) in [6.07, 6.45) is -1.09. The molecular formula is C22H22ClNO6. The molecule has 1 N–H and O–H groups in total. The lowest BCUT2D eigenvalue weighted by molar-refractivity contribution is -0.123. The van der Waals surface area contributed by atoms with E-state index in [2.05, 4.69) is 5.32 Å². The summed E-state index contributed by atoms with van der Waals surface area (Å²) in [6, 6.07) is 12.1. The molecule has 3 rings (SSSR count). The zero-order valence-corrected chi connectivity index (χ0v) is 17.6. The van der Waals surface area contributed by atoms with Gasteiger partial charge < -0.3 is 23.9 Å². The van der Waals surface area contributed by atoms with Gasteiger partial charge in [0.15, 0.2) is 6.10 Å². The summed E-state index contributed by atoms with van der Waals surface area (Å²) in [5.41, 5.74) is 1.50. The average Bonchev–Trinajstić information content (AvgIpc) is 3.11. The van der Waals surface area contributed by atoms with E-state index in [0.29, 0.717) is 34.2 Å². The number of methoxy groups -OCH3 is 1. The highest BCUT2D eigenvalue weighted by Crippen LogP contribution is 2.29. The molecule has 3 aromatic rings. The fraction of sp³-hybridized carbons (Fsp3) is 0.273. The molecule has 0 fully saturated rings. The minimum atomic E-state index is -1.09. The van der Waals surface area contributed by atoms with Gasteiger partial charge in [-0.1, -0.05) is 29.8 Å². The SMILES string of the molecule is CCOCc1c(C(=O)OC(C)C(=O)Nc2cc(Cl)ccc2OC)oc2ccccc12. The van der Waals surface area contributed by atoms with E-state index in [-0.39, 0.29) is 12.4 Å². The van der Waals surface area contributed by atoms with Gasteiger partial charge in [0.25, 0.3) is 5.91 Å². The molecule has 2 aromatic carbocycles. The van der Waals surface area contributed by atoms with Crippen molar-refractivity contribution in [2.75, 3.05) is 19.0 Å². The highest BCUT2D eigenvalue weighted by Gasteiger charge is 2.26. The Morgan fingerprint density at radius 3 is 2.70 bits per heavy atom. The summed E-state index contributed by atoms with van der Waals surface area (Å²) in [5, 5.41) is 3.85. The number of hydrogen-bond acceptors (Lipinski definition) is 6. The van der Waals surface area contributed by atoms with Crippen LogP contribution < -0.4 is 10.1 Å². The van der Waals surface area contributed by atoms with Crippen molar-refractivity contribution in [3.63, 3.8) is 0 Å². The monoisotopic (exact) mass is 431 g/mol. The Hall–Kier alpha value is -3.03. The molecule has 0 spiro atoms. The second-order valence-electron chi connectivity index (χ2n) is 6.42. The van der Waals surface area contributed by atoms with Crippen LogP contribution >= 0.6 is 11.6 Å². The van der Waals surface area contributed by atoms with E-state index in [1.807, 2.05) is 19.1 Å². The quantitative estimate of drug-likeness (QED) is 0.515. The number of carbonyl (C=O) groups excluding carboxylic acids is 2. The van der Waals surface area contributed by atoms with Gasteiger partial charge >= 0.3 is 5.97 Å². The lowest BCUT2D eigenvalue weighted by atomic mass is 10.1. The van der Waals surface area contributed by atoms with Crippen LogP contribution in [0.1, 0.15) is 30.0 Å². The number of esters is 1. The van der Waals surface area contributed by atoms with E-state index in [1.54, 1.807) is 30.3 Å². The number of benzene rings is 2. The molecule has 0 aliphatic carbocycles. The molecule has 7 nitrogen and oxygen atoms in total. The molecule has 1 aromatic heterocycles. The molecular weight excluding hydrogens is 410 g/mol. The number of halogens is 1. The Morgan fingerprint density at radius 2 is 1.97 bits per heavy atom. The van der Waals surface area contributed by atoms with Crippen LogP contribution in [0.25, 0.3) is 11.0 Å². The predicted molar refractivity (Wildman–Crippen MR) is 113 cm³/mol. The molecule has 158 valence electrons. The number of hydrogen-bond donors (Lipinski definition) is 1. The third kappa shape index (κ3) is 4.75. The number of anilines is 1. The number of fused-ring (bicyclic) bond motifs is 1. The Bertz CT molecular complexity index is 1060. The highest BCUT2D eigenvalue weighted by molar-refractivity contribution is 6.31. The molecule has 8 heteroatoms. The molecule has 1 atom stereocenters. The molecule has 30 heavy (non-hydrogen) atoms. The van der Waals surface area contributed by atoms with Gasteiger partial charge in [0.1, 0.15) is 11.3 Å². The predicted octanol–water partition coefficient (Wildman–Crippen LogP) is 4.82. The first-order valence-corrected chi connectivity index (χ1v) is 9.76. The van der Waals surface area contributed by atoms with Crippen molar-refractivity contribution in [1.82, 2.24) is 0 Å². The normalized spacial score (nSPS) is 11.9. The van der Waals surface area contributed by atoms with Gasteiger partial charge in [-0.25, -0.2) is 4.79 Å². The lowest BCUT2D eigenvalue weighted by Crippen LogP contribution is -2.30. The fourth-order valence-corrected chi connectivity index (χ4v) is 3.06. The van der Waals surface area contributed by atoms with Gasteiger partial charge in [0.05, 0.1) is 19.4 Å². The van der Waals surface area contributed by atoms with Crippen LogP contribution in [0.3, 0.4) is 0 Å². The van der Waals surface area contributed by atoms with E-state index in [1.165, 1.54) is 14.0 Å². The van der Waals surface area contributed by atoms with Crippen LogP contribution in [-0.4, -0.2) is 31.7 Å². The second-order valence-corrected chi connectivity index (χ2v) is 6.86. The van der Waals surface area contributed by atoms with Crippen molar-refractivity contribution in [2.45, 2.75) is 26.6 Å². The van der Waals surface area contributed by atoms with Crippen LogP contribution in [0.5, 0.6) is 5.75 Å². The van der Waals surface area contributed by atoms with Gasteiger partial charge in [-0.2, -0.15) is 0 Å². The largest absolute Gasteiger partial charge is 0.495 e. The maximum Gasteiger partial charge on any atom is 0.375 e. The van der Waals surface area contributed by atoms with Gasteiger partial charge in [-0.15, -0.1) is 0 Å². The molecule has 1 amide bonds. The number of carbonyl (C=O) groups is 2. The van der Waals surface area contributed by atoms with E-state index in [0.717, 1.165) is 5.39 Å². The summed E-state index contributed by atoms with van der Waals surface area (Å²) in [7, 11) is 1.48. The Balaban J connectivity index is 1.77. The summed E-state index contributed by atoms with van der Waals surface area (Å²) >= 11 is 5.98. The molecule has 0 aliphatic heterocycles. The molecule has 0 bridgehead atoms. The Morgan fingerprint density at radius 1 is 1.20 bits per heavy atom. The number of ether oxygens (including phenoxy) is 3. The first-order valence-electron chi connectivity index (χ1n) is 9.38. The first kappa shape index (κ1) is 21.7. The first-order chi connectivity index (χ1) is 14.4. The second kappa shape index (κ2) is 9.65. The van der Waals surface area contributed by atoms with Crippen LogP contribution in [-0.2, 0) is 20.9 Å². The van der Waals surface area contributed by atoms with E-state index >= 15 is 0 Å². The van der Waals surface area contributed by atoms with E-state index in [4.69, 9.17) is 30.2 Å². The Kier molecular flexibility index (Phi) is 6.97. The third-order valence-electron chi connectivity index (χ3n) is 4.41. The van der Waals surface area contributed by atoms with Crippen molar-refractivity contribution in [1.29, 1.82) is 0 Å². The maximum atomic E-state index is 12.7. The minimum Gasteiger partial charge on any atom is -0.495 e. The number of amides is 1. The summed E-state index contributed by atoms with van der Waals surface area (Å²) in [5.74, 6) is -0.833. The Labute approximate surface area is 178 Å². The number of nitrogens with one attached hydrogen (secondary N) is 1. The maximum absolute atomic E-state index is 12.7. The number of furan rings is 1. The van der Waals surface area contributed by atoms with Crippen molar-refractivity contribution in [2.24, 2.45) is 0 Å². The van der Waals surface area contributed by atoms with E-state index in [9.17, 15) is 9.59 Å². The van der Waals surface area contributed by atoms with Gasteiger partial charge in [-0.3, -0.25) is 4.79 Å². The number of para-hydroxylation sites is 1. The highest BCUT2D eigenvalue weighted by atomic mass is 35.5. The zero-order chi connectivity index (χ0) is 21.7. The average molecular weight is 432 g/mol. The van der Waals surface area contributed by atoms with Gasteiger partial charge in [0.2, 0.25) is 5.76 Å². The third-order valence-corrected chi connectivity index (χ3v) is 4.64. The minimum absolute atomic E-state index is 0.0182. The van der Waals surface area contributed by atoms with E-state index < -0.39 is 18.0 Å². The van der Waals surface area contributed by atoms with Crippen molar-refractivity contribution in [3.8, 4) is 5.75 Å². The molecule has 0 radical (unpaired) electrons. The van der Waals surface area contributed by atoms with Crippen molar-refractivity contribution in [3.05, 3.63) is 58.8 Å². The fourth-order valence-electron chi connectivity index (χ4n) is 2.89. The standard InChI is InChI=1S/C22H22ClNO6/c1-4-28-12-16-15-7-5-6-8-18(15)30-20(16)22(26)29-13(2)21(25)24-17-11-14(23)9-10-19(17)27-3/h5-11,13H,4,12H2,1-3H3,(H,24,25). The summed E-state index contributed by atoms with van der Waals surface area (Å²) < 4.78 is 21.7. The van der Waals surface area contributed by atoms with Crippen LogP contribution in [0.2, 0.25) is 5.02 Å². The van der Waals surface area contributed by atoms with Crippen molar-refractivity contribution >= 4 is 40.1 Å². The van der Waals surface area contributed by atoms with Gasteiger partial charge in [-0.05, 0) is 38.1 Å². The topological polar surface area (TPSA) is 87.0 Å². The number of rotatable bonds is 8. The zero-order valence-electron chi connectivity index (χ0n) is 16.9. The molecule has 0 saturated carbocycles. The van der Waals surface area contributed by atoms with Gasteiger partial charge in [0, 0.05) is 22.6 Å². The van der Waals surface area contributed by atoms with Crippen molar-refractivity contribution < 1.29 is 28.2 Å². The molecule has 1 heterocycles. The molecule has 0 aliphatic rings. The molecule has 0 saturated heterocycles. The molecule has 1 unspecified atom stereocenters. The van der Waals surface area contributed by atoms with Crippen LogP contribution in [0, 0.1) is 0 Å².